The Bertz CT molecular complexity index is 732. The number of aromatic nitrogens is 1. The molecule has 0 radical (unpaired) electrons. The van der Waals surface area contributed by atoms with Crippen molar-refractivity contribution in [3.63, 3.8) is 0 Å². The number of aliphatic hydroxyl groups is 1. The molecule has 0 saturated heterocycles. The molecule has 21 heavy (non-hydrogen) atoms. The van der Waals surface area contributed by atoms with Gasteiger partial charge in [-0.05, 0) is 37.3 Å². The minimum atomic E-state index is -1.56. The number of halogens is 1. The molecule has 5 heteroatoms. The lowest BCUT2D eigenvalue weighted by molar-refractivity contribution is -0.135. The third-order valence-corrected chi connectivity index (χ3v) is 4.30. The SMILES string of the molecule is Cc1cccc(CC2(O)C(=O)N(C)c3ccc(Br)cc32)n1. The normalized spacial score (nSPS) is 20.8. The molecule has 2 aromatic rings. The third-order valence-electron chi connectivity index (χ3n) is 3.81. The molecule has 0 bridgehead atoms. The molecule has 0 saturated carbocycles. The first kappa shape index (κ1) is 14.2. The van der Waals surface area contributed by atoms with Crippen molar-refractivity contribution in [2.24, 2.45) is 0 Å². The number of pyridine rings is 1. The number of likely N-dealkylation sites (N-methyl/N-ethyl adjacent to an activating group) is 1. The quantitative estimate of drug-likeness (QED) is 0.909. The molecule has 1 aromatic heterocycles. The predicted octanol–water partition coefficient (Wildman–Crippen LogP) is 2.56. The summed E-state index contributed by atoms with van der Waals surface area (Å²) >= 11 is 3.40. The molecule has 0 spiro atoms. The summed E-state index contributed by atoms with van der Waals surface area (Å²) in [5, 5.41) is 11.0. The van der Waals surface area contributed by atoms with Gasteiger partial charge in [-0.15, -0.1) is 0 Å². The molecule has 0 fully saturated rings. The molecule has 1 amide bonds. The predicted molar refractivity (Wildman–Crippen MR) is 84.1 cm³/mol. The van der Waals surface area contributed by atoms with Crippen LogP contribution in [0.25, 0.3) is 0 Å². The van der Waals surface area contributed by atoms with Crippen molar-refractivity contribution in [3.05, 3.63) is 57.8 Å². The summed E-state index contributed by atoms with van der Waals surface area (Å²) in [5.74, 6) is -0.320. The zero-order valence-corrected chi connectivity index (χ0v) is 13.4. The fourth-order valence-electron chi connectivity index (χ4n) is 2.76. The molecule has 1 N–H and O–H groups in total. The first-order valence-electron chi connectivity index (χ1n) is 6.65. The molecule has 1 atom stereocenters. The maximum absolute atomic E-state index is 12.5. The molecule has 2 heterocycles. The summed E-state index contributed by atoms with van der Waals surface area (Å²) in [7, 11) is 1.68. The summed E-state index contributed by atoms with van der Waals surface area (Å²) < 4.78 is 0.833. The lowest BCUT2D eigenvalue weighted by Crippen LogP contribution is -2.40. The van der Waals surface area contributed by atoms with Gasteiger partial charge in [-0.25, -0.2) is 0 Å². The Kier molecular flexibility index (Phi) is 3.34. The van der Waals surface area contributed by atoms with E-state index < -0.39 is 5.60 Å². The minimum Gasteiger partial charge on any atom is -0.375 e. The summed E-state index contributed by atoms with van der Waals surface area (Å²) in [6.07, 6.45) is 0.168. The van der Waals surface area contributed by atoms with Crippen LogP contribution in [0.15, 0.2) is 40.9 Å². The van der Waals surface area contributed by atoms with Crippen molar-refractivity contribution in [3.8, 4) is 0 Å². The summed E-state index contributed by atoms with van der Waals surface area (Å²) in [4.78, 5) is 18.4. The number of amides is 1. The smallest absolute Gasteiger partial charge is 0.263 e. The zero-order valence-electron chi connectivity index (χ0n) is 11.8. The number of anilines is 1. The number of hydrogen-bond acceptors (Lipinski definition) is 3. The Hall–Kier alpha value is -1.72. The van der Waals surface area contributed by atoms with E-state index in [0.29, 0.717) is 11.3 Å². The Morgan fingerprint density at radius 2 is 2.10 bits per heavy atom. The van der Waals surface area contributed by atoms with E-state index >= 15 is 0 Å². The summed E-state index contributed by atoms with van der Waals surface area (Å²) in [6.45, 7) is 1.89. The van der Waals surface area contributed by atoms with E-state index in [9.17, 15) is 9.90 Å². The molecular formula is C16H15BrN2O2. The highest BCUT2D eigenvalue weighted by Gasteiger charge is 2.48. The largest absolute Gasteiger partial charge is 0.375 e. The molecule has 3 rings (SSSR count). The molecule has 1 aromatic carbocycles. The number of carbonyl (C=O) groups is 1. The molecule has 4 nitrogen and oxygen atoms in total. The fourth-order valence-corrected chi connectivity index (χ4v) is 3.13. The van der Waals surface area contributed by atoms with Gasteiger partial charge in [0.1, 0.15) is 0 Å². The zero-order chi connectivity index (χ0) is 15.2. The van der Waals surface area contributed by atoms with Crippen molar-refractivity contribution in [2.45, 2.75) is 18.9 Å². The second-order valence-electron chi connectivity index (χ2n) is 5.33. The van der Waals surface area contributed by atoms with E-state index in [1.807, 2.05) is 37.3 Å². The molecule has 108 valence electrons. The number of fused-ring (bicyclic) bond motifs is 1. The Labute approximate surface area is 131 Å². The number of rotatable bonds is 2. The standard InChI is InChI=1S/C16H15BrN2O2/c1-10-4-3-5-12(18-10)9-16(21)13-8-11(17)6-7-14(13)19(2)15(16)20/h3-8,21H,9H2,1-2H3. The van der Waals surface area contributed by atoms with Crippen molar-refractivity contribution in [1.82, 2.24) is 4.98 Å². The van der Waals surface area contributed by atoms with Crippen LogP contribution in [0, 0.1) is 6.92 Å². The lowest BCUT2D eigenvalue weighted by Gasteiger charge is -2.21. The van der Waals surface area contributed by atoms with Gasteiger partial charge in [-0.3, -0.25) is 9.78 Å². The van der Waals surface area contributed by atoms with Crippen LogP contribution in [-0.4, -0.2) is 23.0 Å². The molecular weight excluding hydrogens is 332 g/mol. The van der Waals surface area contributed by atoms with Crippen molar-refractivity contribution in [1.29, 1.82) is 0 Å². The van der Waals surface area contributed by atoms with Gasteiger partial charge in [0.15, 0.2) is 5.60 Å². The second kappa shape index (κ2) is 4.93. The van der Waals surface area contributed by atoms with Gasteiger partial charge in [0.2, 0.25) is 0 Å². The van der Waals surface area contributed by atoms with E-state index in [-0.39, 0.29) is 12.3 Å². The van der Waals surface area contributed by atoms with E-state index in [2.05, 4.69) is 20.9 Å². The molecule has 0 aliphatic carbocycles. The van der Waals surface area contributed by atoms with Crippen LogP contribution in [0.1, 0.15) is 17.0 Å². The Balaban J connectivity index is 2.08. The maximum atomic E-state index is 12.5. The second-order valence-corrected chi connectivity index (χ2v) is 6.25. The van der Waals surface area contributed by atoms with Gasteiger partial charge < -0.3 is 10.0 Å². The highest BCUT2D eigenvalue weighted by molar-refractivity contribution is 9.10. The number of nitrogens with zero attached hydrogens (tertiary/aromatic N) is 2. The van der Waals surface area contributed by atoms with Gasteiger partial charge >= 0.3 is 0 Å². The maximum Gasteiger partial charge on any atom is 0.263 e. The van der Waals surface area contributed by atoms with E-state index in [1.54, 1.807) is 13.1 Å². The van der Waals surface area contributed by atoms with Gasteiger partial charge in [0.25, 0.3) is 5.91 Å². The minimum absolute atomic E-state index is 0.168. The third kappa shape index (κ3) is 2.26. The molecule has 1 aliphatic heterocycles. The van der Waals surface area contributed by atoms with Gasteiger partial charge in [-0.2, -0.15) is 0 Å². The van der Waals surface area contributed by atoms with Crippen LogP contribution in [0.3, 0.4) is 0 Å². The van der Waals surface area contributed by atoms with E-state index in [4.69, 9.17) is 0 Å². The average Bonchev–Trinajstić information content (AvgIpc) is 2.61. The van der Waals surface area contributed by atoms with E-state index in [1.165, 1.54) is 4.90 Å². The Morgan fingerprint density at radius 3 is 2.81 bits per heavy atom. The number of benzene rings is 1. The van der Waals surface area contributed by atoms with Crippen LogP contribution in [0.2, 0.25) is 0 Å². The van der Waals surface area contributed by atoms with Crippen molar-refractivity contribution >= 4 is 27.5 Å². The first-order chi connectivity index (χ1) is 9.91. The van der Waals surface area contributed by atoms with Crippen LogP contribution >= 0.6 is 15.9 Å². The van der Waals surface area contributed by atoms with Crippen molar-refractivity contribution in [2.75, 3.05) is 11.9 Å². The highest BCUT2D eigenvalue weighted by atomic mass is 79.9. The van der Waals surface area contributed by atoms with Crippen LogP contribution in [0.4, 0.5) is 5.69 Å². The Morgan fingerprint density at radius 1 is 1.33 bits per heavy atom. The van der Waals surface area contributed by atoms with Gasteiger partial charge in [-0.1, -0.05) is 22.0 Å². The number of aryl methyl sites for hydroxylation is 1. The lowest BCUT2D eigenvalue weighted by atomic mass is 9.90. The first-order valence-corrected chi connectivity index (χ1v) is 7.44. The highest BCUT2D eigenvalue weighted by Crippen LogP contribution is 2.42. The van der Waals surface area contributed by atoms with Crippen LogP contribution in [0.5, 0.6) is 0 Å². The molecule has 1 aliphatic rings. The van der Waals surface area contributed by atoms with Gasteiger partial charge in [0.05, 0.1) is 5.69 Å². The number of carbonyl (C=O) groups excluding carboxylic acids is 1. The number of hydrogen-bond donors (Lipinski definition) is 1. The summed E-state index contributed by atoms with van der Waals surface area (Å²) in [6, 6.07) is 11.1. The monoisotopic (exact) mass is 346 g/mol. The summed E-state index contributed by atoms with van der Waals surface area (Å²) in [5.41, 5.74) is 1.36. The van der Waals surface area contributed by atoms with Crippen molar-refractivity contribution < 1.29 is 9.90 Å². The topological polar surface area (TPSA) is 53.4 Å². The average molecular weight is 347 g/mol. The van der Waals surface area contributed by atoms with E-state index in [0.717, 1.165) is 15.9 Å². The van der Waals surface area contributed by atoms with Crippen LogP contribution < -0.4 is 4.90 Å². The van der Waals surface area contributed by atoms with Crippen LogP contribution in [-0.2, 0) is 16.8 Å². The van der Waals surface area contributed by atoms with Gasteiger partial charge in [0, 0.05) is 34.9 Å². The molecule has 1 unspecified atom stereocenters. The fraction of sp³-hybridized carbons (Fsp3) is 0.250.